The summed E-state index contributed by atoms with van der Waals surface area (Å²) in [5.41, 5.74) is 0. The molecule has 0 saturated heterocycles. The monoisotopic (exact) mass is 187 g/mol. The molecule has 13 heavy (non-hydrogen) atoms. The molecule has 0 spiro atoms. The van der Waals surface area contributed by atoms with Crippen LogP contribution in [0.4, 0.5) is 0 Å². The van der Waals surface area contributed by atoms with Crippen LogP contribution >= 0.6 is 0 Å². The highest BCUT2D eigenvalue weighted by Crippen LogP contribution is 2.07. The topological polar surface area (TPSA) is 38.3 Å². The number of hydrogen-bond donors (Lipinski definition) is 1. The SMILES string of the molecule is CCCC(CC)OC(=O)C(C)NC. The lowest BCUT2D eigenvalue weighted by atomic mass is 10.1. The number of rotatable bonds is 6. The second-order valence-electron chi connectivity index (χ2n) is 3.27. The van der Waals surface area contributed by atoms with Crippen molar-refractivity contribution in [2.45, 2.75) is 52.2 Å². The van der Waals surface area contributed by atoms with Gasteiger partial charge in [-0.3, -0.25) is 4.79 Å². The maximum Gasteiger partial charge on any atom is 0.323 e. The van der Waals surface area contributed by atoms with Gasteiger partial charge in [0.2, 0.25) is 0 Å². The fourth-order valence-corrected chi connectivity index (χ4v) is 1.05. The Bertz CT molecular complexity index is 148. The van der Waals surface area contributed by atoms with Crippen LogP contribution in [-0.2, 0) is 9.53 Å². The molecule has 0 aliphatic heterocycles. The second kappa shape index (κ2) is 6.89. The number of nitrogens with one attached hydrogen (secondary N) is 1. The van der Waals surface area contributed by atoms with E-state index >= 15 is 0 Å². The molecule has 1 N–H and O–H groups in total. The van der Waals surface area contributed by atoms with Crippen molar-refractivity contribution in [1.29, 1.82) is 0 Å². The minimum absolute atomic E-state index is 0.0910. The molecule has 0 rings (SSSR count). The van der Waals surface area contributed by atoms with Gasteiger partial charge in [0.25, 0.3) is 0 Å². The van der Waals surface area contributed by atoms with Gasteiger partial charge in [0.05, 0.1) is 0 Å². The van der Waals surface area contributed by atoms with Gasteiger partial charge in [-0.15, -0.1) is 0 Å². The van der Waals surface area contributed by atoms with Crippen LogP contribution in [0, 0.1) is 0 Å². The first kappa shape index (κ1) is 12.4. The van der Waals surface area contributed by atoms with Crippen LogP contribution in [-0.4, -0.2) is 25.2 Å². The van der Waals surface area contributed by atoms with Gasteiger partial charge in [-0.1, -0.05) is 20.3 Å². The first-order valence-corrected chi connectivity index (χ1v) is 5.03. The van der Waals surface area contributed by atoms with E-state index in [1.165, 1.54) is 0 Å². The van der Waals surface area contributed by atoms with Crippen LogP contribution in [0.2, 0.25) is 0 Å². The van der Waals surface area contributed by atoms with Gasteiger partial charge in [-0.25, -0.2) is 0 Å². The molecular weight excluding hydrogens is 166 g/mol. The quantitative estimate of drug-likeness (QED) is 0.643. The van der Waals surface area contributed by atoms with Gasteiger partial charge in [0, 0.05) is 0 Å². The van der Waals surface area contributed by atoms with Crippen molar-refractivity contribution in [3.63, 3.8) is 0 Å². The average molecular weight is 187 g/mol. The molecule has 0 fully saturated rings. The molecule has 0 aliphatic rings. The van der Waals surface area contributed by atoms with Crippen molar-refractivity contribution in [3.8, 4) is 0 Å². The molecule has 2 atom stereocenters. The summed E-state index contributed by atoms with van der Waals surface area (Å²) in [6, 6.07) is -0.203. The normalized spacial score (nSPS) is 15.1. The van der Waals surface area contributed by atoms with Crippen molar-refractivity contribution in [3.05, 3.63) is 0 Å². The molecule has 78 valence electrons. The first-order valence-electron chi connectivity index (χ1n) is 5.03. The van der Waals surface area contributed by atoms with E-state index in [9.17, 15) is 4.79 Å². The number of ether oxygens (including phenoxy) is 1. The molecule has 0 amide bonds. The molecule has 3 heteroatoms. The molecule has 0 aromatic rings. The maximum absolute atomic E-state index is 11.3. The number of esters is 1. The predicted octanol–water partition coefficient (Wildman–Crippen LogP) is 1.72. The lowest BCUT2D eigenvalue weighted by molar-refractivity contribution is -0.151. The molecule has 0 aromatic carbocycles. The van der Waals surface area contributed by atoms with Gasteiger partial charge in [0.1, 0.15) is 12.1 Å². The lowest BCUT2D eigenvalue weighted by Crippen LogP contribution is -2.34. The molecule has 0 heterocycles. The molecule has 0 aliphatic carbocycles. The van der Waals surface area contributed by atoms with Crippen LogP contribution in [0.1, 0.15) is 40.0 Å². The zero-order chi connectivity index (χ0) is 10.3. The van der Waals surface area contributed by atoms with Crippen molar-refractivity contribution >= 4 is 5.97 Å². The van der Waals surface area contributed by atoms with Crippen molar-refractivity contribution in [1.82, 2.24) is 5.32 Å². The van der Waals surface area contributed by atoms with Gasteiger partial charge >= 0.3 is 5.97 Å². The highest BCUT2D eigenvalue weighted by atomic mass is 16.5. The van der Waals surface area contributed by atoms with Gasteiger partial charge < -0.3 is 10.1 Å². The predicted molar refractivity (Wildman–Crippen MR) is 53.6 cm³/mol. The number of carbonyl (C=O) groups is 1. The third kappa shape index (κ3) is 4.88. The third-order valence-corrected chi connectivity index (χ3v) is 2.14. The Labute approximate surface area is 80.8 Å². The largest absolute Gasteiger partial charge is 0.461 e. The Balaban J connectivity index is 3.85. The number of carbonyl (C=O) groups excluding carboxylic acids is 1. The van der Waals surface area contributed by atoms with E-state index in [0.717, 1.165) is 19.3 Å². The summed E-state index contributed by atoms with van der Waals surface area (Å²) >= 11 is 0. The fourth-order valence-electron chi connectivity index (χ4n) is 1.05. The highest BCUT2D eigenvalue weighted by Gasteiger charge is 2.16. The Hall–Kier alpha value is -0.570. The van der Waals surface area contributed by atoms with Crippen LogP contribution < -0.4 is 5.32 Å². The molecule has 0 bridgehead atoms. The standard InChI is InChI=1S/C10H21NO2/c1-5-7-9(6-2)13-10(12)8(3)11-4/h8-9,11H,5-7H2,1-4H3. The van der Waals surface area contributed by atoms with Gasteiger partial charge in [0.15, 0.2) is 0 Å². The molecule has 0 saturated carbocycles. The van der Waals surface area contributed by atoms with E-state index in [1.54, 1.807) is 14.0 Å². The number of likely N-dealkylation sites (N-methyl/N-ethyl adjacent to an activating group) is 1. The van der Waals surface area contributed by atoms with Crippen molar-refractivity contribution < 1.29 is 9.53 Å². The minimum Gasteiger partial charge on any atom is -0.461 e. The van der Waals surface area contributed by atoms with E-state index in [2.05, 4.69) is 12.2 Å². The van der Waals surface area contributed by atoms with Crippen LogP contribution in [0.25, 0.3) is 0 Å². The van der Waals surface area contributed by atoms with E-state index in [4.69, 9.17) is 4.74 Å². The molecule has 0 aromatic heterocycles. The van der Waals surface area contributed by atoms with Crippen LogP contribution in [0.15, 0.2) is 0 Å². The number of hydrogen-bond acceptors (Lipinski definition) is 3. The summed E-state index contributed by atoms with van der Waals surface area (Å²) in [4.78, 5) is 11.3. The fraction of sp³-hybridized carbons (Fsp3) is 0.900. The smallest absolute Gasteiger partial charge is 0.323 e. The second-order valence-corrected chi connectivity index (χ2v) is 3.27. The van der Waals surface area contributed by atoms with Gasteiger partial charge in [-0.05, 0) is 26.8 Å². The van der Waals surface area contributed by atoms with E-state index < -0.39 is 0 Å². The highest BCUT2D eigenvalue weighted by molar-refractivity contribution is 5.75. The van der Waals surface area contributed by atoms with Gasteiger partial charge in [-0.2, -0.15) is 0 Å². The lowest BCUT2D eigenvalue weighted by Gasteiger charge is -2.17. The minimum atomic E-state index is -0.203. The van der Waals surface area contributed by atoms with Crippen LogP contribution in [0.3, 0.4) is 0 Å². The Morgan fingerprint density at radius 2 is 2.08 bits per heavy atom. The van der Waals surface area contributed by atoms with E-state index in [1.807, 2.05) is 6.92 Å². The summed E-state index contributed by atoms with van der Waals surface area (Å²) in [6.07, 6.45) is 3.00. The summed E-state index contributed by atoms with van der Waals surface area (Å²) in [6.45, 7) is 5.94. The summed E-state index contributed by atoms with van der Waals surface area (Å²) in [5, 5.41) is 2.86. The molecular formula is C10H21NO2. The molecule has 2 unspecified atom stereocenters. The maximum atomic E-state index is 11.3. The first-order chi connectivity index (χ1) is 6.15. The van der Waals surface area contributed by atoms with Crippen molar-refractivity contribution in [2.75, 3.05) is 7.05 Å². The van der Waals surface area contributed by atoms with Crippen LogP contribution in [0.5, 0.6) is 0 Å². The van der Waals surface area contributed by atoms with E-state index in [-0.39, 0.29) is 18.1 Å². The molecule has 3 nitrogen and oxygen atoms in total. The van der Waals surface area contributed by atoms with Crippen molar-refractivity contribution in [2.24, 2.45) is 0 Å². The summed E-state index contributed by atoms with van der Waals surface area (Å²) < 4.78 is 5.29. The summed E-state index contributed by atoms with van der Waals surface area (Å²) in [5.74, 6) is -0.150. The Kier molecular flexibility index (Phi) is 6.59. The Morgan fingerprint density at radius 1 is 1.46 bits per heavy atom. The zero-order valence-electron chi connectivity index (χ0n) is 9.09. The third-order valence-electron chi connectivity index (χ3n) is 2.14. The zero-order valence-corrected chi connectivity index (χ0v) is 9.09. The average Bonchev–Trinajstić information content (AvgIpc) is 2.15. The molecule has 0 radical (unpaired) electrons. The Morgan fingerprint density at radius 3 is 2.46 bits per heavy atom. The van der Waals surface area contributed by atoms with E-state index in [0.29, 0.717) is 0 Å². The summed E-state index contributed by atoms with van der Waals surface area (Å²) in [7, 11) is 1.76.